The summed E-state index contributed by atoms with van der Waals surface area (Å²) in [6, 6.07) is 16.9. The van der Waals surface area contributed by atoms with E-state index in [1.165, 1.54) is 31.3 Å². The van der Waals surface area contributed by atoms with Gasteiger partial charge in [0, 0.05) is 36.9 Å². The molecule has 2 heterocycles. The lowest BCUT2D eigenvalue weighted by Gasteiger charge is -2.13. The predicted molar refractivity (Wildman–Crippen MR) is 153 cm³/mol. The van der Waals surface area contributed by atoms with Crippen LogP contribution in [0.2, 0.25) is 0 Å². The Morgan fingerprint density at radius 3 is 2.18 bits per heavy atom. The first-order valence-electron chi connectivity index (χ1n) is 12.9. The molecule has 15 heteroatoms. The molecule has 9 nitrogen and oxygen atoms in total. The number of carbonyl (C=O) groups excluding carboxylic acids is 1. The molecule has 0 unspecified atom stereocenters. The Morgan fingerprint density at radius 2 is 1.56 bits per heavy atom. The first-order valence-corrected chi connectivity index (χ1v) is 14.8. The van der Waals surface area contributed by atoms with Crippen LogP contribution in [0.5, 0.6) is 5.75 Å². The summed E-state index contributed by atoms with van der Waals surface area (Å²) < 4.78 is 103. The van der Waals surface area contributed by atoms with E-state index in [4.69, 9.17) is 10.2 Å². The van der Waals surface area contributed by atoms with Crippen molar-refractivity contribution in [3.05, 3.63) is 84.4 Å². The van der Waals surface area contributed by atoms with Gasteiger partial charge in [-0.2, -0.15) is 13.9 Å². The number of benzene rings is 3. The average Bonchev–Trinajstić information content (AvgIpc) is 3.54. The lowest BCUT2D eigenvalue weighted by Crippen LogP contribution is -2.33. The summed E-state index contributed by atoms with van der Waals surface area (Å²) in [5.74, 6) is -6.12. The Labute approximate surface area is 253 Å². The van der Waals surface area contributed by atoms with Gasteiger partial charge in [0.25, 0.3) is 5.91 Å². The van der Waals surface area contributed by atoms with Gasteiger partial charge in [0.05, 0.1) is 10.6 Å². The fourth-order valence-corrected chi connectivity index (χ4v) is 5.33. The van der Waals surface area contributed by atoms with Gasteiger partial charge >= 0.3 is 12.3 Å². The van der Waals surface area contributed by atoms with Crippen molar-refractivity contribution < 1.29 is 44.3 Å². The van der Waals surface area contributed by atoms with E-state index in [-0.39, 0.29) is 27.9 Å². The quantitative estimate of drug-likeness (QED) is 0.197. The maximum absolute atomic E-state index is 14.5. The maximum Gasteiger partial charge on any atom is 0.573 e. The number of aromatic nitrogens is 3. The molecule has 0 atom stereocenters. The summed E-state index contributed by atoms with van der Waals surface area (Å²) in [6.45, 7) is 1.54. The number of hydrogen-bond donors (Lipinski definition) is 1. The Morgan fingerprint density at radius 1 is 0.911 bits per heavy atom. The fraction of sp³-hybridized carbons (Fsp3) is 0.167. The number of amides is 1. The van der Waals surface area contributed by atoms with Crippen molar-refractivity contribution in [3.8, 4) is 50.7 Å². The number of carbonyl (C=O) groups is 1. The van der Waals surface area contributed by atoms with Gasteiger partial charge < -0.3 is 14.9 Å². The number of nitrogens with two attached hydrogens (primary N) is 1. The zero-order chi connectivity index (χ0) is 32.9. The van der Waals surface area contributed by atoms with E-state index < -0.39 is 39.5 Å². The molecule has 3 aromatic carbocycles. The number of rotatable bonds is 8. The third-order valence-electron chi connectivity index (χ3n) is 6.74. The first kappa shape index (κ1) is 31.4. The number of hydrogen-bond acceptors (Lipinski definition) is 7. The number of sulfone groups is 1. The minimum absolute atomic E-state index is 0.0629. The molecule has 2 N–H and O–H groups in total. The zero-order valence-corrected chi connectivity index (χ0v) is 24.5. The molecule has 2 aromatic heterocycles. The fourth-order valence-electron chi connectivity index (χ4n) is 4.66. The molecule has 0 radical (unpaired) electrons. The van der Waals surface area contributed by atoms with Crippen LogP contribution in [-0.4, -0.2) is 41.7 Å². The van der Waals surface area contributed by atoms with Gasteiger partial charge in [-0.1, -0.05) is 24.3 Å². The number of alkyl halides is 5. The molecule has 0 saturated heterocycles. The Balaban J connectivity index is 1.73. The molecule has 0 spiro atoms. The molecule has 0 bridgehead atoms. The Hall–Kier alpha value is -5.05. The van der Waals surface area contributed by atoms with Crippen LogP contribution < -0.4 is 10.5 Å². The van der Waals surface area contributed by atoms with Gasteiger partial charge in [0.15, 0.2) is 21.5 Å². The molecular formula is C30H23F5N4O5S. The highest BCUT2D eigenvalue weighted by Gasteiger charge is 2.42. The van der Waals surface area contributed by atoms with Crippen molar-refractivity contribution in [2.75, 3.05) is 6.26 Å². The predicted octanol–water partition coefficient (Wildman–Crippen LogP) is 6.26. The van der Waals surface area contributed by atoms with E-state index in [0.717, 1.165) is 29.1 Å². The summed E-state index contributed by atoms with van der Waals surface area (Å²) in [6.07, 6.45) is -3.83. The van der Waals surface area contributed by atoms with E-state index in [0.29, 0.717) is 27.8 Å². The lowest BCUT2D eigenvalue weighted by atomic mass is 9.94. The molecular weight excluding hydrogens is 623 g/mol. The van der Waals surface area contributed by atoms with E-state index >= 15 is 0 Å². The Kier molecular flexibility index (Phi) is 7.77. The Bertz CT molecular complexity index is 2030. The third kappa shape index (κ3) is 6.43. The minimum Gasteiger partial charge on any atom is -0.440 e. The second kappa shape index (κ2) is 11.1. The number of primary amides is 1. The van der Waals surface area contributed by atoms with Crippen LogP contribution in [0.25, 0.3) is 45.0 Å². The molecule has 0 saturated carbocycles. The summed E-state index contributed by atoms with van der Waals surface area (Å²) >= 11 is 0. The summed E-state index contributed by atoms with van der Waals surface area (Å²) in [4.78, 5) is 15.9. The third-order valence-corrected chi connectivity index (χ3v) is 7.85. The molecule has 0 aliphatic rings. The van der Waals surface area contributed by atoms with Crippen molar-refractivity contribution >= 4 is 15.7 Å². The normalized spacial score (nSPS) is 12.4. The number of ether oxygens (including phenoxy) is 1. The van der Waals surface area contributed by atoms with Crippen LogP contribution in [0.1, 0.15) is 11.6 Å². The lowest BCUT2D eigenvalue weighted by molar-refractivity contribution is -0.274. The van der Waals surface area contributed by atoms with Crippen LogP contribution in [0, 0.1) is 6.92 Å². The van der Waals surface area contributed by atoms with Gasteiger partial charge in [-0.05, 0) is 59.7 Å². The standard InChI is InChI=1S/C30H23F5N4O5S/c1-16-37-26(17-7-10-20(11-8-17)44-30(33,34)35)27(43-16)23-14-19(18-5-4-6-21(13-18)45(3,41)42)9-12-22(23)24-15-25(38-39(24)2)29(31,32)28(36)40/h4-15H,1-3H3,(H2,36,40). The molecule has 1 amide bonds. The summed E-state index contributed by atoms with van der Waals surface area (Å²) in [5, 5.41) is 3.81. The van der Waals surface area contributed by atoms with Gasteiger partial charge in [0.1, 0.15) is 17.1 Å². The van der Waals surface area contributed by atoms with Crippen LogP contribution in [-0.2, 0) is 27.6 Å². The second-order valence-electron chi connectivity index (χ2n) is 10.0. The number of oxazole rings is 1. The number of nitrogens with zero attached hydrogens (tertiary/aromatic N) is 3. The number of aryl methyl sites for hydroxylation is 2. The minimum atomic E-state index is -4.89. The van der Waals surface area contributed by atoms with Gasteiger partial charge in [-0.25, -0.2) is 13.4 Å². The van der Waals surface area contributed by atoms with Crippen LogP contribution in [0.15, 0.2) is 82.1 Å². The monoisotopic (exact) mass is 646 g/mol. The molecule has 0 aliphatic carbocycles. The smallest absolute Gasteiger partial charge is 0.440 e. The highest BCUT2D eigenvalue weighted by atomic mass is 32.2. The maximum atomic E-state index is 14.5. The van der Waals surface area contributed by atoms with Crippen LogP contribution >= 0.6 is 0 Å². The van der Waals surface area contributed by atoms with Gasteiger partial charge in [-0.3, -0.25) is 9.48 Å². The molecule has 5 aromatic rings. The van der Waals surface area contributed by atoms with E-state index in [2.05, 4.69) is 14.8 Å². The van der Waals surface area contributed by atoms with Crippen molar-refractivity contribution in [1.29, 1.82) is 0 Å². The molecule has 234 valence electrons. The zero-order valence-electron chi connectivity index (χ0n) is 23.7. The van der Waals surface area contributed by atoms with Crippen molar-refractivity contribution in [2.24, 2.45) is 12.8 Å². The molecule has 0 fully saturated rings. The SMILES string of the molecule is Cc1nc(-c2ccc(OC(F)(F)F)cc2)c(-c2cc(-c3cccc(S(C)(=O)=O)c3)ccc2-c2cc(C(F)(F)C(N)=O)nn2C)o1. The first-order chi connectivity index (χ1) is 20.9. The highest BCUT2D eigenvalue weighted by molar-refractivity contribution is 7.90. The van der Waals surface area contributed by atoms with E-state index in [1.54, 1.807) is 37.3 Å². The van der Waals surface area contributed by atoms with E-state index in [1.807, 2.05) is 0 Å². The summed E-state index contributed by atoms with van der Waals surface area (Å²) in [5.41, 5.74) is 6.30. The molecule has 0 aliphatic heterocycles. The van der Waals surface area contributed by atoms with Gasteiger partial charge in [-0.15, -0.1) is 13.2 Å². The number of halogens is 5. The van der Waals surface area contributed by atoms with Gasteiger partial charge in [0.2, 0.25) is 0 Å². The van der Waals surface area contributed by atoms with Crippen molar-refractivity contribution in [1.82, 2.24) is 14.8 Å². The van der Waals surface area contributed by atoms with Crippen molar-refractivity contribution in [2.45, 2.75) is 24.1 Å². The van der Waals surface area contributed by atoms with Crippen LogP contribution in [0.4, 0.5) is 22.0 Å². The van der Waals surface area contributed by atoms with Crippen LogP contribution in [0.3, 0.4) is 0 Å². The topological polar surface area (TPSA) is 130 Å². The molecule has 5 rings (SSSR count). The summed E-state index contributed by atoms with van der Waals surface area (Å²) in [7, 11) is -2.17. The average molecular weight is 647 g/mol. The van der Waals surface area contributed by atoms with E-state index in [9.17, 15) is 35.2 Å². The highest BCUT2D eigenvalue weighted by Crippen LogP contribution is 2.42. The van der Waals surface area contributed by atoms with Crippen molar-refractivity contribution in [3.63, 3.8) is 0 Å². The largest absolute Gasteiger partial charge is 0.573 e. The molecule has 45 heavy (non-hydrogen) atoms. The second-order valence-corrected chi connectivity index (χ2v) is 12.0.